The molecule has 0 saturated carbocycles. The quantitative estimate of drug-likeness (QED) is 0.175. The molecule has 0 radical (unpaired) electrons. The Bertz CT molecular complexity index is 2390. The van der Waals surface area contributed by atoms with Gasteiger partial charge in [0.05, 0.1) is 5.52 Å². The lowest BCUT2D eigenvalue weighted by Gasteiger charge is -2.26. The lowest BCUT2D eigenvalue weighted by atomic mass is 9.78. The van der Waals surface area contributed by atoms with E-state index in [1.807, 2.05) is 12.3 Å². The van der Waals surface area contributed by atoms with Gasteiger partial charge in [0.2, 0.25) is 0 Å². The SMILES string of the molecule is CC(C)(c1ccccc1)c1ccc(-c2cccc(-c3cccc(-c4cccc(-c5ncc6cc(-c7ccccc7)ccc6n5)c4)c3)c2)cc1. The third kappa shape index (κ3) is 6.17. The third-order valence-corrected chi connectivity index (χ3v) is 9.63. The highest BCUT2D eigenvalue weighted by molar-refractivity contribution is 5.85. The first-order chi connectivity index (χ1) is 24.0. The minimum atomic E-state index is -0.0631. The van der Waals surface area contributed by atoms with Gasteiger partial charge in [-0.3, -0.25) is 0 Å². The smallest absolute Gasteiger partial charge is 0.159 e. The van der Waals surface area contributed by atoms with Gasteiger partial charge in [0, 0.05) is 22.6 Å². The maximum atomic E-state index is 4.94. The van der Waals surface area contributed by atoms with E-state index in [1.165, 1.54) is 38.9 Å². The number of rotatable bonds is 7. The summed E-state index contributed by atoms with van der Waals surface area (Å²) < 4.78 is 0. The van der Waals surface area contributed by atoms with E-state index in [9.17, 15) is 0 Å². The molecule has 2 heteroatoms. The van der Waals surface area contributed by atoms with Crippen molar-refractivity contribution in [1.82, 2.24) is 9.97 Å². The van der Waals surface area contributed by atoms with Crippen molar-refractivity contribution in [3.8, 4) is 55.9 Å². The van der Waals surface area contributed by atoms with Crippen molar-refractivity contribution in [3.63, 3.8) is 0 Å². The summed E-state index contributed by atoms with van der Waals surface area (Å²) in [6.45, 7) is 4.58. The fraction of sp³-hybridized carbons (Fsp3) is 0.0638. The molecule has 1 aromatic heterocycles. The molecular formula is C47H36N2. The molecule has 0 aliphatic carbocycles. The van der Waals surface area contributed by atoms with Gasteiger partial charge in [-0.25, -0.2) is 9.97 Å². The summed E-state index contributed by atoms with van der Waals surface area (Å²) in [6.07, 6.45) is 1.93. The van der Waals surface area contributed by atoms with E-state index in [1.54, 1.807) is 0 Å². The lowest BCUT2D eigenvalue weighted by Crippen LogP contribution is -2.18. The fourth-order valence-electron chi connectivity index (χ4n) is 6.68. The van der Waals surface area contributed by atoms with Crippen molar-refractivity contribution in [2.24, 2.45) is 0 Å². The molecule has 1 heterocycles. The van der Waals surface area contributed by atoms with Crippen LogP contribution in [-0.4, -0.2) is 9.97 Å². The molecular weight excluding hydrogens is 593 g/mol. The Morgan fingerprint density at radius 1 is 0.367 bits per heavy atom. The number of aromatic nitrogens is 2. The first-order valence-electron chi connectivity index (χ1n) is 16.8. The summed E-state index contributed by atoms with van der Waals surface area (Å²) in [7, 11) is 0. The summed E-state index contributed by atoms with van der Waals surface area (Å²) in [6, 6.07) is 62.7. The van der Waals surface area contributed by atoms with Gasteiger partial charge in [0.15, 0.2) is 5.82 Å². The van der Waals surface area contributed by atoms with Gasteiger partial charge in [-0.05, 0) is 86.0 Å². The molecule has 0 fully saturated rings. The van der Waals surface area contributed by atoms with E-state index in [0.717, 1.165) is 39.0 Å². The molecule has 0 amide bonds. The molecule has 234 valence electrons. The third-order valence-electron chi connectivity index (χ3n) is 9.63. The number of fused-ring (bicyclic) bond motifs is 1. The maximum absolute atomic E-state index is 4.94. The highest BCUT2D eigenvalue weighted by Gasteiger charge is 2.22. The van der Waals surface area contributed by atoms with Crippen molar-refractivity contribution in [3.05, 3.63) is 193 Å². The summed E-state index contributed by atoms with van der Waals surface area (Å²) in [4.78, 5) is 9.71. The molecule has 0 aliphatic heterocycles. The molecule has 0 N–H and O–H groups in total. The number of hydrogen-bond acceptors (Lipinski definition) is 2. The Kier molecular flexibility index (Phi) is 7.91. The predicted octanol–water partition coefficient (Wildman–Crippen LogP) is 12.3. The summed E-state index contributed by atoms with van der Waals surface area (Å²) in [5.41, 5.74) is 13.9. The van der Waals surface area contributed by atoms with Gasteiger partial charge in [-0.1, -0.05) is 159 Å². The topological polar surface area (TPSA) is 25.8 Å². The van der Waals surface area contributed by atoms with Crippen LogP contribution in [0.5, 0.6) is 0 Å². The van der Waals surface area contributed by atoms with Gasteiger partial charge < -0.3 is 0 Å². The zero-order valence-electron chi connectivity index (χ0n) is 27.7. The second kappa shape index (κ2) is 12.8. The first-order valence-corrected chi connectivity index (χ1v) is 16.8. The van der Waals surface area contributed by atoms with Crippen LogP contribution in [0.3, 0.4) is 0 Å². The van der Waals surface area contributed by atoms with Crippen LogP contribution in [-0.2, 0) is 5.41 Å². The van der Waals surface area contributed by atoms with Crippen LogP contribution < -0.4 is 0 Å². The zero-order valence-corrected chi connectivity index (χ0v) is 27.7. The average molecular weight is 629 g/mol. The highest BCUT2D eigenvalue weighted by Crippen LogP contribution is 2.35. The molecule has 8 rings (SSSR count). The molecule has 0 spiro atoms. The van der Waals surface area contributed by atoms with Gasteiger partial charge >= 0.3 is 0 Å². The van der Waals surface area contributed by atoms with Crippen molar-refractivity contribution in [2.75, 3.05) is 0 Å². The van der Waals surface area contributed by atoms with Crippen LogP contribution in [0.4, 0.5) is 0 Å². The van der Waals surface area contributed by atoms with Crippen LogP contribution >= 0.6 is 0 Å². The predicted molar refractivity (Wildman–Crippen MR) is 205 cm³/mol. The van der Waals surface area contributed by atoms with Crippen molar-refractivity contribution in [1.29, 1.82) is 0 Å². The number of hydrogen-bond donors (Lipinski definition) is 0. The Morgan fingerprint density at radius 3 is 1.41 bits per heavy atom. The summed E-state index contributed by atoms with van der Waals surface area (Å²) >= 11 is 0. The number of nitrogens with zero attached hydrogens (tertiary/aromatic N) is 2. The van der Waals surface area contributed by atoms with Crippen LogP contribution in [0.1, 0.15) is 25.0 Å². The largest absolute Gasteiger partial charge is 0.236 e. The molecule has 0 bridgehead atoms. The molecule has 0 saturated heterocycles. The Labute approximate surface area is 288 Å². The van der Waals surface area contributed by atoms with E-state index < -0.39 is 0 Å². The molecule has 49 heavy (non-hydrogen) atoms. The van der Waals surface area contributed by atoms with E-state index in [-0.39, 0.29) is 5.41 Å². The van der Waals surface area contributed by atoms with E-state index >= 15 is 0 Å². The van der Waals surface area contributed by atoms with Crippen LogP contribution in [0.2, 0.25) is 0 Å². The van der Waals surface area contributed by atoms with Gasteiger partial charge in [-0.15, -0.1) is 0 Å². The first kappa shape index (κ1) is 30.2. The van der Waals surface area contributed by atoms with Crippen LogP contribution in [0.15, 0.2) is 182 Å². The van der Waals surface area contributed by atoms with Gasteiger partial charge in [0.1, 0.15) is 0 Å². The monoisotopic (exact) mass is 628 g/mol. The van der Waals surface area contributed by atoms with Crippen LogP contribution in [0, 0.1) is 0 Å². The van der Waals surface area contributed by atoms with Crippen molar-refractivity contribution >= 4 is 10.9 Å². The molecule has 0 aliphatic rings. The normalized spacial score (nSPS) is 11.5. The summed E-state index contributed by atoms with van der Waals surface area (Å²) in [5.74, 6) is 0.726. The zero-order chi connectivity index (χ0) is 33.2. The Morgan fingerprint density at radius 2 is 0.796 bits per heavy atom. The molecule has 2 nitrogen and oxygen atoms in total. The minimum Gasteiger partial charge on any atom is -0.236 e. The standard InChI is InChI=1S/C47H36N2/c1-47(2,43-20-7-4-8-21-43)44-25-22-34(23-26-44)35-14-9-15-36(28-35)37-16-10-17-38(29-37)39-18-11-19-41(30-39)46-48-32-42-31-40(24-27-45(42)49-46)33-12-5-3-6-13-33/h3-32H,1-2H3. The molecule has 8 aromatic rings. The molecule has 0 atom stereocenters. The average Bonchev–Trinajstić information content (AvgIpc) is 3.18. The second-order valence-electron chi connectivity index (χ2n) is 13.1. The Hall–Kier alpha value is -6.12. The summed E-state index contributed by atoms with van der Waals surface area (Å²) in [5, 5.41) is 1.03. The van der Waals surface area contributed by atoms with Gasteiger partial charge in [0.25, 0.3) is 0 Å². The second-order valence-corrected chi connectivity index (χ2v) is 13.1. The fourth-order valence-corrected chi connectivity index (χ4v) is 6.68. The van der Waals surface area contributed by atoms with Gasteiger partial charge in [-0.2, -0.15) is 0 Å². The molecule has 0 unspecified atom stereocenters. The van der Waals surface area contributed by atoms with Crippen LogP contribution in [0.25, 0.3) is 66.8 Å². The minimum absolute atomic E-state index is 0.0631. The highest BCUT2D eigenvalue weighted by atomic mass is 14.9. The number of benzene rings is 7. The Balaban J connectivity index is 1.05. The lowest BCUT2D eigenvalue weighted by molar-refractivity contribution is 0.641. The van der Waals surface area contributed by atoms with E-state index in [2.05, 4.69) is 184 Å². The van der Waals surface area contributed by atoms with E-state index in [0.29, 0.717) is 0 Å². The molecule has 7 aromatic carbocycles. The van der Waals surface area contributed by atoms with E-state index in [4.69, 9.17) is 9.97 Å². The van der Waals surface area contributed by atoms with Crippen molar-refractivity contribution < 1.29 is 0 Å². The maximum Gasteiger partial charge on any atom is 0.159 e. The van der Waals surface area contributed by atoms with Crippen molar-refractivity contribution in [2.45, 2.75) is 19.3 Å².